The van der Waals surface area contributed by atoms with Crippen LogP contribution in [0.25, 0.3) is 28.1 Å². The van der Waals surface area contributed by atoms with Crippen molar-refractivity contribution in [1.29, 1.82) is 0 Å². The molecule has 1 fully saturated rings. The number of rotatable bonds is 16. The van der Waals surface area contributed by atoms with Gasteiger partial charge in [0.1, 0.15) is 22.9 Å². The van der Waals surface area contributed by atoms with Crippen molar-refractivity contribution >= 4 is 56.2 Å². The molecule has 0 unspecified atom stereocenters. The summed E-state index contributed by atoms with van der Waals surface area (Å²) in [6, 6.07) is 15.0. The number of hydrogen-bond acceptors (Lipinski definition) is 10. The molecule has 1 saturated carbocycles. The summed E-state index contributed by atoms with van der Waals surface area (Å²) in [7, 11) is -2.59. The molecular weight excluding hydrogens is 711 g/mol. The Kier molecular flexibility index (Phi) is 12.0. The number of ether oxygens (including phenoxy) is 1. The fourth-order valence-corrected chi connectivity index (χ4v) is 6.61. The summed E-state index contributed by atoms with van der Waals surface area (Å²) in [4.78, 5) is 61.2. The SMILES string of the molecule is CCOC(=O)C(=O)C=C(O)c1cccc(CNC(=O)CNC(=O)CNS(=O)(=O)Cc2cc3oc(-c4ccc(F)cc4)c(C(=O)NC)c3cc2C2CC2)c1. The summed E-state index contributed by atoms with van der Waals surface area (Å²) in [5, 5.41) is 18.3. The van der Waals surface area contributed by atoms with E-state index in [0.29, 0.717) is 22.1 Å². The lowest BCUT2D eigenvalue weighted by Crippen LogP contribution is -2.42. The normalized spacial score (nSPS) is 13.0. The average Bonchev–Trinajstić information content (AvgIpc) is 3.92. The number of hydrogen-bond donors (Lipinski definition) is 5. The van der Waals surface area contributed by atoms with Crippen LogP contribution in [0.15, 0.2) is 71.2 Å². The summed E-state index contributed by atoms with van der Waals surface area (Å²) >= 11 is 0. The van der Waals surface area contributed by atoms with Gasteiger partial charge in [0.25, 0.3) is 11.7 Å². The fraction of sp³-hybridized carbons (Fsp3) is 0.270. The Bertz CT molecular complexity index is 2210. The highest BCUT2D eigenvalue weighted by Crippen LogP contribution is 2.45. The van der Waals surface area contributed by atoms with Crippen LogP contribution in [0.4, 0.5) is 4.39 Å². The lowest BCUT2D eigenvalue weighted by molar-refractivity contribution is -0.151. The summed E-state index contributed by atoms with van der Waals surface area (Å²) < 4.78 is 52.8. The first-order valence-electron chi connectivity index (χ1n) is 16.6. The Morgan fingerprint density at radius 3 is 2.38 bits per heavy atom. The molecule has 1 heterocycles. The van der Waals surface area contributed by atoms with Gasteiger partial charge in [-0.15, -0.1) is 0 Å². The van der Waals surface area contributed by atoms with Crippen LogP contribution < -0.4 is 20.7 Å². The van der Waals surface area contributed by atoms with Gasteiger partial charge in [-0.25, -0.2) is 22.3 Å². The molecule has 3 aromatic carbocycles. The largest absolute Gasteiger partial charge is 0.507 e. The molecular formula is C37H37FN4O10S. The first-order valence-corrected chi connectivity index (χ1v) is 18.2. The Morgan fingerprint density at radius 2 is 1.70 bits per heavy atom. The molecule has 3 amide bonds. The number of ketones is 1. The van der Waals surface area contributed by atoms with Crippen molar-refractivity contribution in [2.45, 2.75) is 38.0 Å². The van der Waals surface area contributed by atoms with Crippen molar-refractivity contribution in [3.8, 4) is 11.3 Å². The number of carbonyl (C=O) groups excluding carboxylic acids is 5. The van der Waals surface area contributed by atoms with E-state index in [9.17, 15) is 41.9 Å². The van der Waals surface area contributed by atoms with E-state index in [1.807, 2.05) is 0 Å². The second kappa shape index (κ2) is 16.6. The van der Waals surface area contributed by atoms with Gasteiger partial charge in [-0.2, -0.15) is 0 Å². The van der Waals surface area contributed by atoms with Crippen LogP contribution in [-0.2, 0) is 46.2 Å². The summed E-state index contributed by atoms with van der Waals surface area (Å²) in [6.07, 6.45) is 2.40. The van der Waals surface area contributed by atoms with Crippen molar-refractivity contribution in [1.82, 2.24) is 20.7 Å². The molecule has 1 aromatic heterocycles. The monoisotopic (exact) mass is 748 g/mol. The highest BCUT2D eigenvalue weighted by Gasteiger charge is 2.31. The van der Waals surface area contributed by atoms with E-state index < -0.39 is 69.9 Å². The van der Waals surface area contributed by atoms with Crippen molar-refractivity contribution in [2.75, 3.05) is 26.7 Å². The van der Waals surface area contributed by atoms with E-state index in [1.54, 1.807) is 24.3 Å². The molecule has 1 aliphatic rings. The van der Waals surface area contributed by atoms with Gasteiger partial charge in [-0.1, -0.05) is 18.2 Å². The third kappa shape index (κ3) is 9.93. The van der Waals surface area contributed by atoms with Crippen LogP contribution in [0.5, 0.6) is 0 Å². The van der Waals surface area contributed by atoms with Gasteiger partial charge in [0.15, 0.2) is 0 Å². The second-order valence-corrected chi connectivity index (χ2v) is 14.0. The first kappa shape index (κ1) is 38.4. The standard InChI is InChI=1S/C37H37FN4O10S/c1-3-51-37(48)30(44)16-29(43)24-6-4-5-21(13-24)17-40-32(45)18-41-33(46)19-42-53(49,50)20-25-14-31-28(15-27(25)22-7-8-22)34(36(47)39-2)35(52-31)23-9-11-26(38)12-10-23/h4-6,9-16,22,42-43H,3,7-8,17-20H2,1-2H3,(H,39,47)(H,40,45)(H,41,46). The van der Waals surface area contributed by atoms with E-state index in [4.69, 9.17) is 4.42 Å². The van der Waals surface area contributed by atoms with E-state index in [0.717, 1.165) is 24.5 Å². The molecule has 1 aliphatic carbocycles. The Balaban J connectivity index is 1.18. The van der Waals surface area contributed by atoms with Crippen molar-refractivity contribution < 1.29 is 51.0 Å². The number of carbonyl (C=O) groups is 5. The number of halogens is 1. The summed E-state index contributed by atoms with van der Waals surface area (Å²) in [5.41, 5.74) is 2.91. The topological polar surface area (TPSA) is 210 Å². The molecule has 5 rings (SSSR count). The number of sulfonamides is 1. The highest BCUT2D eigenvalue weighted by atomic mass is 32.2. The van der Waals surface area contributed by atoms with Gasteiger partial charge in [-0.3, -0.25) is 19.2 Å². The minimum Gasteiger partial charge on any atom is -0.507 e. The van der Waals surface area contributed by atoms with E-state index >= 15 is 0 Å². The number of furan rings is 1. The van der Waals surface area contributed by atoms with Gasteiger partial charge in [0.05, 0.1) is 31.0 Å². The lowest BCUT2D eigenvalue weighted by atomic mass is 9.98. The number of benzene rings is 3. The molecule has 0 atom stereocenters. The number of aliphatic hydroxyl groups is 1. The summed E-state index contributed by atoms with van der Waals surface area (Å²) in [5.74, 6) is -5.01. The average molecular weight is 749 g/mol. The van der Waals surface area contributed by atoms with Gasteiger partial charge in [0.2, 0.25) is 21.8 Å². The highest BCUT2D eigenvalue weighted by molar-refractivity contribution is 7.88. The van der Waals surface area contributed by atoms with Crippen molar-refractivity contribution in [2.24, 2.45) is 0 Å². The van der Waals surface area contributed by atoms with Gasteiger partial charge < -0.3 is 30.2 Å². The molecule has 4 aromatic rings. The molecule has 278 valence electrons. The molecule has 0 bridgehead atoms. The third-order valence-corrected chi connectivity index (χ3v) is 9.50. The quantitative estimate of drug-likeness (QED) is 0.0488. The molecule has 14 nitrogen and oxygen atoms in total. The Hall–Kier alpha value is -5.87. The zero-order valence-electron chi connectivity index (χ0n) is 28.8. The van der Waals surface area contributed by atoms with Crippen LogP contribution in [0, 0.1) is 5.82 Å². The van der Waals surface area contributed by atoms with Crippen LogP contribution in [0.1, 0.15) is 58.3 Å². The second-order valence-electron chi connectivity index (χ2n) is 12.2. The van der Waals surface area contributed by atoms with E-state index in [2.05, 4.69) is 25.4 Å². The Morgan fingerprint density at radius 1 is 0.981 bits per heavy atom. The van der Waals surface area contributed by atoms with Crippen molar-refractivity contribution in [3.05, 3.63) is 100 Å². The maximum Gasteiger partial charge on any atom is 0.379 e. The minimum absolute atomic E-state index is 0.00290. The van der Waals surface area contributed by atoms with Gasteiger partial charge in [-0.05, 0) is 84.8 Å². The maximum atomic E-state index is 13.6. The fourth-order valence-electron chi connectivity index (χ4n) is 5.50. The van der Waals surface area contributed by atoms with E-state index in [1.165, 1.54) is 50.4 Å². The predicted octanol–water partition coefficient (Wildman–Crippen LogP) is 3.36. The minimum atomic E-state index is -4.07. The van der Waals surface area contributed by atoms with Gasteiger partial charge >= 0.3 is 5.97 Å². The number of nitrogens with one attached hydrogen (secondary N) is 4. The zero-order chi connectivity index (χ0) is 38.3. The molecule has 0 spiro atoms. The van der Waals surface area contributed by atoms with E-state index in [-0.39, 0.29) is 41.5 Å². The van der Waals surface area contributed by atoms with Crippen molar-refractivity contribution in [3.63, 3.8) is 0 Å². The van der Waals surface area contributed by atoms with Crippen LogP contribution in [-0.4, -0.2) is 69.7 Å². The molecule has 16 heteroatoms. The number of amides is 3. The maximum absolute atomic E-state index is 13.6. The Labute approximate surface area is 303 Å². The molecule has 0 saturated heterocycles. The number of esters is 1. The number of aliphatic hydroxyl groups excluding tert-OH is 1. The van der Waals surface area contributed by atoms with Crippen LogP contribution in [0.2, 0.25) is 0 Å². The molecule has 0 radical (unpaired) electrons. The molecule has 0 aliphatic heterocycles. The lowest BCUT2D eigenvalue weighted by Gasteiger charge is -2.12. The first-order chi connectivity index (χ1) is 25.3. The number of fused-ring (bicyclic) bond motifs is 1. The zero-order valence-corrected chi connectivity index (χ0v) is 29.6. The molecule has 53 heavy (non-hydrogen) atoms. The van der Waals surface area contributed by atoms with Crippen LogP contribution >= 0.6 is 0 Å². The predicted molar refractivity (Wildman–Crippen MR) is 191 cm³/mol. The summed E-state index contributed by atoms with van der Waals surface area (Å²) in [6.45, 7) is 0.447. The van der Waals surface area contributed by atoms with Gasteiger partial charge in [0, 0.05) is 36.2 Å². The molecule has 5 N–H and O–H groups in total. The van der Waals surface area contributed by atoms with Crippen LogP contribution in [0.3, 0.4) is 0 Å². The third-order valence-electron chi connectivity index (χ3n) is 8.23. The smallest absolute Gasteiger partial charge is 0.379 e.